The second-order valence-corrected chi connectivity index (χ2v) is 5.56. The van der Waals surface area contributed by atoms with E-state index >= 15 is 0 Å². The van der Waals surface area contributed by atoms with Crippen LogP contribution in [-0.2, 0) is 6.54 Å². The summed E-state index contributed by atoms with van der Waals surface area (Å²) in [6.07, 6.45) is -0.760. The van der Waals surface area contributed by atoms with Crippen LogP contribution in [0.2, 0.25) is 0 Å². The van der Waals surface area contributed by atoms with E-state index in [0.29, 0.717) is 18.1 Å². The minimum Gasteiger partial charge on any atom is -0.454 e. The van der Waals surface area contributed by atoms with Gasteiger partial charge in [-0.05, 0) is 35.4 Å². The van der Waals surface area contributed by atoms with E-state index in [2.05, 4.69) is 15.6 Å². The molecule has 1 unspecified atom stereocenters. The molecule has 3 N–H and O–H groups in total. The van der Waals surface area contributed by atoms with E-state index in [4.69, 9.17) is 9.47 Å². The molecule has 1 aliphatic rings. The van der Waals surface area contributed by atoms with Gasteiger partial charge in [0.15, 0.2) is 17.5 Å². The molecule has 1 aliphatic heterocycles. The lowest BCUT2D eigenvalue weighted by atomic mass is 10.1. The first-order chi connectivity index (χ1) is 12.2. The number of ether oxygens (including phenoxy) is 2. The predicted octanol–water partition coefficient (Wildman–Crippen LogP) is 2.57. The number of benzene rings is 2. The maximum absolute atomic E-state index is 12.9. The Morgan fingerprint density at radius 2 is 1.88 bits per heavy atom. The van der Waals surface area contributed by atoms with Crippen LogP contribution in [0.25, 0.3) is 0 Å². The standard InChI is InChI=1S/C18H20FN3O3.HI/c1-20-18(22-10-15(23)13-3-5-14(19)6-4-13)21-9-12-2-7-16-17(8-12)25-11-24-16;/h2-8,15,23H,9-11H2,1H3,(H2,20,21,22);1H. The molecule has 8 heteroatoms. The first-order valence-corrected chi connectivity index (χ1v) is 7.92. The number of aliphatic hydroxyl groups is 1. The van der Waals surface area contributed by atoms with Crippen molar-refractivity contribution in [2.24, 2.45) is 4.99 Å². The molecule has 2 aromatic rings. The lowest BCUT2D eigenvalue weighted by Crippen LogP contribution is -2.39. The van der Waals surface area contributed by atoms with Crippen molar-refractivity contribution in [3.63, 3.8) is 0 Å². The van der Waals surface area contributed by atoms with Crippen LogP contribution in [0, 0.1) is 5.82 Å². The largest absolute Gasteiger partial charge is 0.454 e. The monoisotopic (exact) mass is 473 g/mol. The Kier molecular flexibility index (Phi) is 7.46. The first-order valence-electron chi connectivity index (χ1n) is 7.92. The molecule has 1 heterocycles. The summed E-state index contributed by atoms with van der Waals surface area (Å²) in [6.45, 7) is 1.05. The molecular formula is C18H21FIN3O3. The van der Waals surface area contributed by atoms with Gasteiger partial charge in [-0.2, -0.15) is 0 Å². The van der Waals surface area contributed by atoms with E-state index in [-0.39, 0.29) is 43.1 Å². The van der Waals surface area contributed by atoms with Crippen molar-refractivity contribution in [2.45, 2.75) is 12.6 Å². The van der Waals surface area contributed by atoms with Crippen LogP contribution in [0.1, 0.15) is 17.2 Å². The number of fused-ring (bicyclic) bond motifs is 1. The van der Waals surface area contributed by atoms with Crippen LogP contribution in [0.4, 0.5) is 4.39 Å². The average Bonchev–Trinajstić information content (AvgIpc) is 3.10. The van der Waals surface area contributed by atoms with Crippen molar-refractivity contribution in [1.29, 1.82) is 0 Å². The van der Waals surface area contributed by atoms with Crippen LogP contribution in [0.15, 0.2) is 47.5 Å². The molecule has 3 rings (SSSR count). The van der Waals surface area contributed by atoms with Crippen molar-refractivity contribution in [3.8, 4) is 11.5 Å². The van der Waals surface area contributed by atoms with E-state index in [0.717, 1.165) is 17.1 Å². The number of halogens is 2. The maximum atomic E-state index is 12.9. The Balaban J connectivity index is 0.00000243. The predicted molar refractivity (Wildman–Crippen MR) is 108 cm³/mol. The summed E-state index contributed by atoms with van der Waals surface area (Å²) in [5.41, 5.74) is 1.66. The van der Waals surface area contributed by atoms with E-state index < -0.39 is 6.10 Å². The third kappa shape index (κ3) is 5.21. The molecule has 0 saturated carbocycles. The van der Waals surface area contributed by atoms with Crippen LogP contribution in [0.5, 0.6) is 11.5 Å². The maximum Gasteiger partial charge on any atom is 0.231 e. The third-order valence-electron chi connectivity index (χ3n) is 3.84. The summed E-state index contributed by atoms with van der Waals surface area (Å²) in [6, 6.07) is 11.5. The lowest BCUT2D eigenvalue weighted by Gasteiger charge is -2.16. The van der Waals surface area contributed by atoms with Gasteiger partial charge in [-0.3, -0.25) is 4.99 Å². The molecule has 26 heavy (non-hydrogen) atoms. The highest BCUT2D eigenvalue weighted by atomic mass is 127. The Labute approximate surface area is 168 Å². The Morgan fingerprint density at radius 1 is 1.15 bits per heavy atom. The summed E-state index contributed by atoms with van der Waals surface area (Å²) >= 11 is 0. The summed E-state index contributed by atoms with van der Waals surface area (Å²) in [4.78, 5) is 4.12. The summed E-state index contributed by atoms with van der Waals surface area (Å²) in [7, 11) is 1.65. The fourth-order valence-corrected chi connectivity index (χ4v) is 2.45. The number of nitrogens with zero attached hydrogens (tertiary/aromatic N) is 1. The molecule has 0 aromatic heterocycles. The quantitative estimate of drug-likeness (QED) is 0.354. The topological polar surface area (TPSA) is 75.1 Å². The zero-order chi connectivity index (χ0) is 17.6. The highest BCUT2D eigenvalue weighted by molar-refractivity contribution is 14.0. The zero-order valence-corrected chi connectivity index (χ0v) is 16.6. The molecule has 0 bridgehead atoms. The molecule has 0 saturated heterocycles. The number of aliphatic imine (C=N–C) groups is 1. The second-order valence-electron chi connectivity index (χ2n) is 5.56. The molecule has 0 spiro atoms. The number of guanidine groups is 1. The average molecular weight is 473 g/mol. The summed E-state index contributed by atoms with van der Waals surface area (Å²) in [5.74, 6) is 1.70. The van der Waals surface area contributed by atoms with E-state index in [1.165, 1.54) is 12.1 Å². The number of hydrogen-bond acceptors (Lipinski definition) is 4. The number of aliphatic hydroxyl groups excluding tert-OH is 1. The summed E-state index contributed by atoms with van der Waals surface area (Å²) < 4.78 is 23.6. The molecule has 0 radical (unpaired) electrons. The SMILES string of the molecule is CN=C(NCc1ccc2c(c1)OCO2)NCC(O)c1ccc(F)cc1.I. The van der Waals surface area contributed by atoms with Crippen LogP contribution < -0.4 is 20.1 Å². The van der Waals surface area contributed by atoms with Gasteiger partial charge in [0.1, 0.15) is 5.82 Å². The molecule has 140 valence electrons. The van der Waals surface area contributed by atoms with Crippen molar-refractivity contribution in [2.75, 3.05) is 20.4 Å². The smallest absolute Gasteiger partial charge is 0.231 e. The minimum absolute atomic E-state index is 0. The highest BCUT2D eigenvalue weighted by Gasteiger charge is 2.13. The fraction of sp³-hybridized carbons (Fsp3) is 0.278. The highest BCUT2D eigenvalue weighted by Crippen LogP contribution is 2.32. The molecule has 6 nitrogen and oxygen atoms in total. The fourth-order valence-electron chi connectivity index (χ4n) is 2.45. The van der Waals surface area contributed by atoms with Crippen LogP contribution >= 0.6 is 24.0 Å². The third-order valence-corrected chi connectivity index (χ3v) is 3.84. The first kappa shape index (κ1) is 20.2. The summed E-state index contributed by atoms with van der Waals surface area (Å²) in [5, 5.41) is 16.4. The van der Waals surface area contributed by atoms with Crippen molar-refractivity contribution in [1.82, 2.24) is 10.6 Å². The van der Waals surface area contributed by atoms with Crippen LogP contribution in [-0.4, -0.2) is 31.5 Å². The molecule has 2 aromatic carbocycles. The van der Waals surface area contributed by atoms with Gasteiger partial charge in [-0.1, -0.05) is 18.2 Å². The number of nitrogens with one attached hydrogen (secondary N) is 2. The molecular weight excluding hydrogens is 452 g/mol. The number of hydrogen-bond donors (Lipinski definition) is 3. The molecule has 0 fully saturated rings. The van der Waals surface area contributed by atoms with Gasteiger partial charge in [-0.15, -0.1) is 24.0 Å². The normalized spacial score (nSPS) is 13.7. The Morgan fingerprint density at radius 3 is 2.62 bits per heavy atom. The van der Waals surface area contributed by atoms with E-state index in [1.54, 1.807) is 19.2 Å². The second kappa shape index (κ2) is 9.58. The van der Waals surface area contributed by atoms with Crippen LogP contribution in [0.3, 0.4) is 0 Å². The molecule has 0 aliphatic carbocycles. The Bertz CT molecular complexity index is 756. The molecule has 1 atom stereocenters. The Hall–Kier alpha value is -2.07. The number of rotatable bonds is 5. The van der Waals surface area contributed by atoms with Gasteiger partial charge in [0.25, 0.3) is 0 Å². The van der Waals surface area contributed by atoms with Gasteiger partial charge in [0.2, 0.25) is 6.79 Å². The van der Waals surface area contributed by atoms with Gasteiger partial charge in [-0.25, -0.2) is 4.39 Å². The van der Waals surface area contributed by atoms with Crippen molar-refractivity contribution < 1.29 is 19.0 Å². The van der Waals surface area contributed by atoms with Crippen molar-refractivity contribution in [3.05, 3.63) is 59.4 Å². The van der Waals surface area contributed by atoms with Gasteiger partial charge >= 0.3 is 0 Å². The van der Waals surface area contributed by atoms with Crippen molar-refractivity contribution >= 4 is 29.9 Å². The van der Waals surface area contributed by atoms with E-state index in [1.807, 2.05) is 18.2 Å². The molecule has 0 amide bonds. The van der Waals surface area contributed by atoms with Gasteiger partial charge in [0, 0.05) is 20.1 Å². The lowest BCUT2D eigenvalue weighted by molar-refractivity contribution is 0.174. The van der Waals surface area contributed by atoms with Gasteiger partial charge in [0.05, 0.1) is 6.10 Å². The minimum atomic E-state index is -0.760. The van der Waals surface area contributed by atoms with Gasteiger partial charge < -0.3 is 25.2 Å². The van der Waals surface area contributed by atoms with E-state index in [9.17, 15) is 9.50 Å². The zero-order valence-electron chi connectivity index (χ0n) is 14.2.